The smallest absolute Gasteiger partial charge is 0.0521 e. The summed E-state index contributed by atoms with van der Waals surface area (Å²) >= 11 is 0. The average Bonchev–Trinajstić information content (AvgIpc) is 2.40. The van der Waals surface area contributed by atoms with Gasteiger partial charge in [-0.15, -0.1) is 0 Å². The molecule has 1 aromatic heterocycles. The Labute approximate surface area is 78.9 Å². The van der Waals surface area contributed by atoms with Crippen LogP contribution < -0.4 is 5.73 Å². The lowest BCUT2D eigenvalue weighted by Gasteiger charge is -2.04. The van der Waals surface area contributed by atoms with Gasteiger partial charge in [0.2, 0.25) is 0 Å². The Bertz CT molecular complexity index is 318. The Balaban J connectivity index is 2.39. The van der Waals surface area contributed by atoms with E-state index in [1.165, 1.54) is 11.3 Å². The van der Waals surface area contributed by atoms with E-state index in [1.807, 2.05) is 17.9 Å². The van der Waals surface area contributed by atoms with E-state index in [0.717, 1.165) is 0 Å². The number of rotatable bonds is 1. The van der Waals surface area contributed by atoms with Gasteiger partial charge in [0.15, 0.2) is 0 Å². The molecule has 0 saturated heterocycles. The Morgan fingerprint density at radius 2 is 2.08 bits per heavy atom. The molecule has 2 N–H and O–H groups in total. The van der Waals surface area contributed by atoms with E-state index in [2.05, 4.69) is 25.9 Å². The second-order valence-corrected chi connectivity index (χ2v) is 4.66. The van der Waals surface area contributed by atoms with Crippen molar-refractivity contribution < 1.29 is 0 Å². The van der Waals surface area contributed by atoms with E-state index in [9.17, 15) is 0 Å². The van der Waals surface area contributed by atoms with Gasteiger partial charge < -0.3 is 5.73 Å². The standard InChI is InChI=1S/C10H17N3/c1-6-5-12-13(4)8(6)7-9(11)10(7,2)3/h5,7,9H,11H2,1-4H3. The first-order valence-electron chi connectivity index (χ1n) is 4.70. The molecule has 0 amide bonds. The molecular formula is C10H17N3. The first-order valence-corrected chi connectivity index (χ1v) is 4.70. The van der Waals surface area contributed by atoms with Crippen LogP contribution >= 0.6 is 0 Å². The fraction of sp³-hybridized carbons (Fsp3) is 0.700. The highest BCUT2D eigenvalue weighted by molar-refractivity contribution is 5.33. The fourth-order valence-electron chi connectivity index (χ4n) is 2.20. The molecule has 1 aliphatic carbocycles. The third kappa shape index (κ3) is 1.03. The largest absolute Gasteiger partial charge is 0.327 e. The second kappa shape index (κ2) is 2.35. The molecule has 0 aliphatic heterocycles. The third-order valence-electron chi connectivity index (χ3n) is 3.38. The first kappa shape index (κ1) is 8.75. The van der Waals surface area contributed by atoms with Crippen LogP contribution in [0.15, 0.2) is 6.20 Å². The fourth-order valence-corrected chi connectivity index (χ4v) is 2.20. The Morgan fingerprint density at radius 3 is 2.38 bits per heavy atom. The summed E-state index contributed by atoms with van der Waals surface area (Å²) in [7, 11) is 1.99. The lowest BCUT2D eigenvalue weighted by Crippen LogP contribution is -2.07. The molecule has 1 saturated carbocycles. The Hall–Kier alpha value is -0.830. The number of aromatic nitrogens is 2. The summed E-state index contributed by atoms with van der Waals surface area (Å²) in [4.78, 5) is 0. The van der Waals surface area contributed by atoms with Gasteiger partial charge >= 0.3 is 0 Å². The average molecular weight is 179 g/mol. The molecule has 1 aromatic rings. The highest BCUT2D eigenvalue weighted by atomic mass is 15.3. The van der Waals surface area contributed by atoms with E-state index >= 15 is 0 Å². The summed E-state index contributed by atoms with van der Waals surface area (Å²) < 4.78 is 1.95. The van der Waals surface area contributed by atoms with Crippen LogP contribution in [0.4, 0.5) is 0 Å². The van der Waals surface area contributed by atoms with Gasteiger partial charge in [0.25, 0.3) is 0 Å². The summed E-state index contributed by atoms with van der Waals surface area (Å²) in [6.45, 7) is 6.53. The zero-order valence-corrected chi connectivity index (χ0v) is 8.70. The molecule has 0 aromatic carbocycles. The molecule has 72 valence electrons. The zero-order valence-electron chi connectivity index (χ0n) is 8.70. The zero-order chi connectivity index (χ0) is 9.80. The lowest BCUT2D eigenvalue weighted by atomic mass is 10.1. The quantitative estimate of drug-likeness (QED) is 0.703. The molecule has 2 atom stereocenters. The van der Waals surface area contributed by atoms with Crippen molar-refractivity contribution in [3.05, 3.63) is 17.5 Å². The monoisotopic (exact) mass is 179 g/mol. The SMILES string of the molecule is Cc1cnn(C)c1C1C(N)C1(C)C. The topological polar surface area (TPSA) is 43.8 Å². The Morgan fingerprint density at radius 1 is 1.54 bits per heavy atom. The van der Waals surface area contributed by atoms with Gasteiger partial charge in [-0.1, -0.05) is 13.8 Å². The van der Waals surface area contributed by atoms with Crippen LogP contribution in [-0.2, 0) is 7.05 Å². The van der Waals surface area contributed by atoms with E-state index in [-0.39, 0.29) is 5.41 Å². The second-order valence-electron chi connectivity index (χ2n) is 4.66. The van der Waals surface area contributed by atoms with Gasteiger partial charge in [-0.05, 0) is 17.9 Å². The molecule has 1 fully saturated rings. The molecule has 1 heterocycles. The molecule has 13 heavy (non-hydrogen) atoms. The minimum atomic E-state index is 0.249. The van der Waals surface area contributed by atoms with Gasteiger partial charge in [-0.25, -0.2) is 0 Å². The highest BCUT2D eigenvalue weighted by Gasteiger charge is 2.57. The molecule has 0 bridgehead atoms. The molecule has 3 nitrogen and oxygen atoms in total. The summed E-state index contributed by atoms with van der Waals surface area (Å²) in [5.74, 6) is 0.486. The maximum atomic E-state index is 6.03. The number of hydrogen-bond acceptors (Lipinski definition) is 2. The van der Waals surface area contributed by atoms with Crippen molar-refractivity contribution >= 4 is 0 Å². The molecule has 3 heteroatoms. The van der Waals surface area contributed by atoms with Gasteiger partial charge in [0, 0.05) is 24.7 Å². The third-order valence-corrected chi connectivity index (χ3v) is 3.38. The van der Waals surface area contributed by atoms with Crippen molar-refractivity contribution in [2.24, 2.45) is 18.2 Å². The summed E-state index contributed by atoms with van der Waals surface area (Å²) in [6, 6.07) is 0.293. The lowest BCUT2D eigenvalue weighted by molar-refractivity contribution is 0.580. The number of hydrogen-bond donors (Lipinski definition) is 1. The maximum absolute atomic E-state index is 6.03. The summed E-state index contributed by atoms with van der Waals surface area (Å²) in [5, 5.41) is 4.24. The van der Waals surface area contributed by atoms with Crippen LogP contribution in [-0.4, -0.2) is 15.8 Å². The van der Waals surface area contributed by atoms with Crippen LogP contribution in [0.25, 0.3) is 0 Å². The molecule has 1 aliphatic rings. The van der Waals surface area contributed by atoms with E-state index < -0.39 is 0 Å². The van der Waals surface area contributed by atoms with Crippen molar-refractivity contribution in [2.45, 2.75) is 32.7 Å². The van der Waals surface area contributed by atoms with Crippen molar-refractivity contribution in [2.75, 3.05) is 0 Å². The normalized spacial score (nSPS) is 30.5. The first-order chi connectivity index (χ1) is 5.96. The van der Waals surface area contributed by atoms with Gasteiger partial charge in [-0.2, -0.15) is 5.10 Å². The van der Waals surface area contributed by atoms with Crippen molar-refractivity contribution in [3.63, 3.8) is 0 Å². The minimum absolute atomic E-state index is 0.249. The number of nitrogens with two attached hydrogens (primary N) is 1. The predicted octanol–water partition coefficient (Wildman–Crippen LogP) is 1.18. The molecule has 2 unspecified atom stereocenters. The minimum Gasteiger partial charge on any atom is -0.327 e. The van der Waals surface area contributed by atoms with E-state index in [4.69, 9.17) is 5.73 Å². The van der Waals surface area contributed by atoms with Crippen LogP contribution in [0.5, 0.6) is 0 Å². The van der Waals surface area contributed by atoms with Gasteiger partial charge in [0.1, 0.15) is 0 Å². The maximum Gasteiger partial charge on any atom is 0.0521 e. The molecule has 2 rings (SSSR count). The van der Waals surface area contributed by atoms with E-state index in [1.54, 1.807) is 0 Å². The van der Waals surface area contributed by atoms with Crippen molar-refractivity contribution in [1.82, 2.24) is 9.78 Å². The molecular weight excluding hydrogens is 162 g/mol. The number of aryl methyl sites for hydroxylation is 2. The van der Waals surface area contributed by atoms with E-state index in [0.29, 0.717) is 12.0 Å². The van der Waals surface area contributed by atoms with Gasteiger partial charge in [0.05, 0.1) is 6.20 Å². The molecule has 0 radical (unpaired) electrons. The Kier molecular flexibility index (Phi) is 1.58. The summed E-state index contributed by atoms with van der Waals surface area (Å²) in [5.41, 5.74) is 8.84. The van der Waals surface area contributed by atoms with Crippen LogP contribution in [0.3, 0.4) is 0 Å². The van der Waals surface area contributed by atoms with Gasteiger partial charge in [-0.3, -0.25) is 4.68 Å². The molecule has 0 spiro atoms. The highest BCUT2D eigenvalue weighted by Crippen LogP contribution is 2.57. The van der Waals surface area contributed by atoms with Crippen LogP contribution in [0, 0.1) is 12.3 Å². The predicted molar refractivity (Wildman–Crippen MR) is 52.4 cm³/mol. The number of nitrogens with zero attached hydrogens (tertiary/aromatic N) is 2. The summed E-state index contributed by atoms with van der Waals surface area (Å²) in [6.07, 6.45) is 1.91. The van der Waals surface area contributed by atoms with Crippen molar-refractivity contribution in [1.29, 1.82) is 0 Å². The van der Waals surface area contributed by atoms with Crippen LogP contribution in [0.2, 0.25) is 0 Å². The van der Waals surface area contributed by atoms with Crippen LogP contribution in [0.1, 0.15) is 31.0 Å². The van der Waals surface area contributed by atoms with Crippen molar-refractivity contribution in [3.8, 4) is 0 Å².